The molecule has 40 heavy (non-hydrogen) atoms. The Morgan fingerprint density at radius 2 is 1.57 bits per heavy atom. The highest BCUT2D eigenvalue weighted by Crippen LogP contribution is 2.43. The Morgan fingerprint density at radius 1 is 0.900 bits per heavy atom. The van der Waals surface area contributed by atoms with Crippen molar-refractivity contribution in [2.24, 2.45) is 5.92 Å². The minimum absolute atomic E-state index is 0.0375. The van der Waals surface area contributed by atoms with Crippen LogP contribution in [0.3, 0.4) is 0 Å². The van der Waals surface area contributed by atoms with Gasteiger partial charge in [-0.3, -0.25) is 4.72 Å². The molecule has 2 heterocycles. The summed E-state index contributed by atoms with van der Waals surface area (Å²) in [6.07, 6.45) is 0.212. The summed E-state index contributed by atoms with van der Waals surface area (Å²) < 4.78 is 41.8. The zero-order chi connectivity index (χ0) is 28.1. The van der Waals surface area contributed by atoms with E-state index in [9.17, 15) is 18.7 Å². The van der Waals surface area contributed by atoms with Crippen LogP contribution in [0.1, 0.15) is 36.0 Å². The molecule has 1 aliphatic rings. The van der Waals surface area contributed by atoms with Crippen LogP contribution in [-0.4, -0.2) is 25.4 Å². The first-order chi connectivity index (χ1) is 19.3. The van der Waals surface area contributed by atoms with E-state index < -0.39 is 16.3 Å². The van der Waals surface area contributed by atoms with Crippen molar-refractivity contribution in [3.63, 3.8) is 0 Å². The van der Waals surface area contributed by atoms with Gasteiger partial charge in [0.2, 0.25) is 0 Å². The molecule has 4 aromatic rings. The van der Waals surface area contributed by atoms with Crippen LogP contribution in [-0.2, 0) is 26.1 Å². The minimum Gasteiger partial charge on any atom is -0.618 e. The highest BCUT2D eigenvalue weighted by molar-refractivity contribution is 7.99. The van der Waals surface area contributed by atoms with Gasteiger partial charge in [-0.25, -0.2) is 8.42 Å². The highest BCUT2D eigenvalue weighted by Gasteiger charge is 2.38. The Balaban J connectivity index is 1.37. The molecule has 0 aliphatic carbocycles. The fourth-order valence-corrected chi connectivity index (χ4v) is 6.68. The van der Waals surface area contributed by atoms with Gasteiger partial charge >= 0.3 is 0 Å². The van der Waals surface area contributed by atoms with Crippen LogP contribution in [0.2, 0.25) is 0 Å². The van der Waals surface area contributed by atoms with Gasteiger partial charge in [-0.1, -0.05) is 73.3 Å². The molecule has 1 aromatic heterocycles. The number of hydrogen-bond acceptors (Lipinski definition) is 7. The van der Waals surface area contributed by atoms with E-state index in [-0.39, 0.29) is 29.6 Å². The van der Waals surface area contributed by atoms with Crippen LogP contribution in [0.5, 0.6) is 0 Å². The van der Waals surface area contributed by atoms with Gasteiger partial charge in [-0.2, -0.15) is 4.73 Å². The maximum Gasteiger partial charge on any atom is 0.261 e. The van der Waals surface area contributed by atoms with Gasteiger partial charge in [0.1, 0.15) is 0 Å². The monoisotopic (exact) mass is 578 g/mol. The third kappa shape index (κ3) is 6.48. The lowest BCUT2D eigenvalue weighted by molar-refractivity contribution is -0.645. The number of nitrogens with one attached hydrogen (secondary N) is 1. The van der Waals surface area contributed by atoms with Gasteiger partial charge in [0.05, 0.1) is 23.7 Å². The molecule has 208 valence electrons. The van der Waals surface area contributed by atoms with Crippen LogP contribution in [0.4, 0.5) is 5.69 Å². The van der Waals surface area contributed by atoms with Gasteiger partial charge < -0.3 is 19.8 Å². The first-order valence-electron chi connectivity index (χ1n) is 12.8. The lowest BCUT2D eigenvalue weighted by Gasteiger charge is -2.41. The number of rotatable bonds is 9. The maximum atomic E-state index is 12.7. The Hall–Kier alpha value is -3.41. The van der Waals surface area contributed by atoms with Crippen LogP contribution in [0.25, 0.3) is 0 Å². The second-order valence-corrected chi connectivity index (χ2v) is 12.3. The van der Waals surface area contributed by atoms with E-state index in [2.05, 4.69) is 11.6 Å². The molecule has 1 aliphatic heterocycles. The molecule has 0 bridgehead atoms. The zero-order valence-electron chi connectivity index (χ0n) is 21.8. The Labute approximate surface area is 238 Å². The molecule has 0 saturated carbocycles. The molecule has 2 N–H and O–H groups in total. The highest BCUT2D eigenvalue weighted by atomic mass is 32.2. The van der Waals surface area contributed by atoms with Crippen molar-refractivity contribution in [3.05, 3.63) is 125 Å². The molecule has 0 radical (unpaired) electrons. The van der Waals surface area contributed by atoms with E-state index in [0.29, 0.717) is 16.5 Å². The number of ether oxygens (including phenoxy) is 2. The number of benzene rings is 3. The number of nitrogens with zero attached hydrogens (tertiary/aromatic N) is 1. The van der Waals surface area contributed by atoms with E-state index in [0.717, 1.165) is 21.4 Å². The molecule has 4 atom stereocenters. The molecule has 0 spiro atoms. The molecule has 1 fully saturated rings. The minimum atomic E-state index is -3.72. The third-order valence-electron chi connectivity index (χ3n) is 6.80. The summed E-state index contributed by atoms with van der Waals surface area (Å²) in [5.41, 5.74) is 2.92. The Kier molecular flexibility index (Phi) is 8.72. The number of sulfonamides is 1. The summed E-state index contributed by atoms with van der Waals surface area (Å²) in [6.45, 7) is 2.02. The van der Waals surface area contributed by atoms with Gasteiger partial charge in [0.15, 0.2) is 12.5 Å². The van der Waals surface area contributed by atoms with Gasteiger partial charge in [0.25, 0.3) is 15.0 Å². The van der Waals surface area contributed by atoms with Gasteiger partial charge in [0, 0.05) is 35.1 Å². The van der Waals surface area contributed by atoms with Crippen molar-refractivity contribution in [1.82, 2.24) is 0 Å². The standard InChI is InChI=1S/C30H30N2O6S2/c1-21-27(20-39-28-9-5-6-18-32(28)34)37-30(38-29(21)23-12-10-22(19-33)11-13-23)24-14-16-25(17-15-24)31-40(35,36)26-7-3-2-4-8-26/h2-18,21,27,29-31,33H,19-20H2,1H3/t21-,27+,29+,30+/m0/s1. The van der Waals surface area contributed by atoms with Crippen molar-refractivity contribution in [3.8, 4) is 0 Å². The van der Waals surface area contributed by atoms with Crippen molar-refractivity contribution >= 4 is 27.5 Å². The van der Waals surface area contributed by atoms with Crippen molar-refractivity contribution in [2.75, 3.05) is 10.5 Å². The summed E-state index contributed by atoms with van der Waals surface area (Å²) in [5, 5.41) is 22.2. The third-order valence-corrected chi connectivity index (χ3v) is 9.30. The zero-order valence-corrected chi connectivity index (χ0v) is 23.4. The Morgan fingerprint density at radius 3 is 2.25 bits per heavy atom. The van der Waals surface area contributed by atoms with Crippen molar-refractivity contribution in [1.29, 1.82) is 0 Å². The summed E-state index contributed by atoms with van der Waals surface area (Å²) in [6, 6.07) is 28.0. The van der Waals surface area contributed by atoms with Gasteiger partial charge in [-0.15, -0.1) is 0 Å². The van der Waals surface area contributed by atoms with E-state index in [1.165, 1.54) is 30.1 Å². The number of pyridine rings is 1. The summed E-state index contributed by atoms with van der Waals surface area (Å²) >= 11 is 1.42. The SMILES string of the molecule is C[C@H]1[C@@H](CSc2cccc[n+]2[O-])O[C@@H](c2ccc(NS(=O)(=O)c3ccccc3)cc2)O[C@H]1c1ccc(CO)cc1. The average molecular weight is 579 g/mol. The van der Waals surface area contributed by atoms with Crippen LogP contribution < -0.4 is 9.45 Å². The number of aliphatic hydroxyl groups excluding tert-OH is 1. The van der Waals surface area contributed by atoms with Gasteiger partial charge in [-0.05, 0) is 41.5 Å². The fraction of sp³-hybridized carbons (Fsp3) is 0.233. The number of hydrogen-bond donors (Lipinski definition) is 2. The molecular weight excluding hydrogens is 548 g/mol. The van der Waals surface area contributed by atoms with E-state index in [4.69, 9.17) is 9.47 Å². The average Bonchev–Trinajstić information content (AvgIpc) is 2.98. The van der Waals surface area contributed by atoms with E-state index in [1.54, 1.807) is 54.6 Å². The topological polar surface area (TPSA) is 112 Å². The molecular formula is C30H30N2O6S2. The second kappa shape index (κ2) is 12.4. The normalized spacial score (nSPS) is 21.1. The maximum absolute atomic E-state index is 12.7. The van der Waals surface area contributed by atoms with Crippen LogP contribution in [0.15, 0.2) is 113 Å². The summed E-state index contributed by atoms with van der Waals surface area (Å²) in [7, 11) is -3.72. The first kappa shape index (κ1) is 28.1. The molecule has 0 unspecified atom stereocenters. The molecule has 5 rings (SSSR count). The quantitative estimate of drug-likeness (QED) is 0.160. The molecule has 8 nitrogen and oxygen atoms in total. The molecule has 0 amide bonds. The second-order valence-electron chi connectivity index (χ2n) is 9.54. The lowest BCUT2D eigenvalue weighted by Crippen LogP contribution is -2.39. The Bertz CT molecular complexity index is 1520. The van der Waals surface area contributed by atoms with Crippen LogP contribution in [0, 0.1) is 11.1 Å². The smallest absolute Gasteiger partial charge is 0.261 e. The number of anilines is 1. The number of thioether (sulfide) groups is 1. The van der Waals surface area contributed by atoms with Crippen molar-refractivity contribution < 1.29 is 27.7 Å². The predicted octanol–water partition coefficient (Wildman–Crippen LogP) is 5.20. The summed E-state index contributed by atoms with van der Waals surface area (Å²) in [4.78, 5) is 0.181. The fourth-order valence-electron chi connectivity index (χ4n) is 4.52. The van der Waals surface area contributed by atoms with Crippen LogP contribution >= 0.6 is 11.8 Å². The summed E-state index contributed by atoms with van der Waals surface area (Å²) in [5.74, 6) is 0.498. The molecule has 1 saturated heterocycles. The lowest BCUT2D eigenvalue weighted by atomic mass is 9.91. The molecule has 3 aromatic carbocycles. The van der Waals surface area contributed by atoms with E-state index >= 15 is 0 Å². The predicted molar refractivity (Wildman–Crippen MR) is 153 cm³/mol. The number of aliphatic hydroxyl groups is 1. The molecule has 10 heteroatoms. The largest absolute Gasteiger partial charge is 0.618 e. The van der Waals surface area contributed by atoms with Crippen molar-refractivity contribution in [2.45, 2.75) is 42.0 Å². The number of aromatic nitrogens is 1. The van der Waals surface area contributed by atoms with E-state index in [1.807, 2.05) is 30.3 Å². The first-order valence-corrected chi connectivity index (χ1v) is 15.3.